The summed E-state index contributed by atoms with van der Waals surface area (Å²) in [5.74, 6) is -1.18. The quantitative estimate of drug-likeness (QED) is 0.680. The average molecular weight is 168 g/mol. The van der Waals surface area contributed by atoms with Crippen LogP contribution in [0.4, 0.5) is 4.39 Å². The standard InChI is InChI=1S/C8H5FO3/c9-7(10)5-2-1-3-6(4-5)8(11)12/h1-4H,(H,11,12). The van der Waals surface area contributed by atoms with Crippen molar-refractivity contribution >= 4 is 12.0 Å². The van der Waals surface area contributed by atoms with Crippen molar-refractivity contribution in [1.29, 1.82) is 0 Å². The normalized spacial score (nSPS) is 9.42. The van der Waals surface area contributed by atoms with Crippen LogP contribution in [-0.2, 0) is 0 Å². The monoisotopic (exact) mass is 168 g/mol. The molecule has 4 heteroatoms. The summed E-state index contributed by atoms with van der Waals surface area (Å²) in [6.45, 7) is 0. The lowest BCUT2D eigenvalue weighted by atomic mass is 10.1. The molecule has 0 aliphatic rings. The Kier molecular flexibility index (Phi) is 2.19. The molecule has 1 aromatic rings. The molecule has 0 fully saturated rings. The van der Waals surface area contributed by atoms with E-state index in [2.05, 4.69) is 0 Å². The molecular weight excluding hydrogens is 163 g/mol. The number of halogens is 1. The van der Waals surface area contributed by atoms with Crippen molar-refractivity contribution in [2.45, 2.75) is 0 Å². The number of carbonyl (C=O) groups excluding carboxylic acids is 1. The number of benzene rings is 1. The highest BCUT2D eigenvalue weighted by atomic mass is 19.1. The molecule has 0 heterocycles. The molecular formula is C8H5FO3. The summed E-state index contributed by atoms with van der Waals surface area (Å²) in [5, 5.41) is 8.46. The summed E-state index contributed by atoms with van der Waals surface area (Å²) in [6.07, 6.45) is 0. The van der Waals surface area contributed by atoms with E-state index in [-0.39, 0.29) is 11.1 Å². The Balaban J connectivity index is 3.12. The first kappa shape index (κ1) is 8.39. The molecule has 0 bridgehead atoms. The van der Waals surface area contributed by atoms with E-state index in [0.717, 1.165) is 6.07 Å². The Labute approximate surface area is 67.4 Å². The van der Waals surface area contributed by atoms with Crippen LogP contribution in [0.2, 0.25) is 0 Å². The second-order valence-corrected chi connectivity index (χ2v) is 2.16. The van der Waals surface area contributed by atoms with Crippen LogP contribution in [0, 0.1) is 0 Å². The molecule has 0 unspecified atom stereocenters. The Morgan fingerprint density at radius 3 is 2.33 bits per heavy atom. The van der Waals surface area contributed by atoms with E-state index in [0.29, 0.717) is 0 Å². The summed E-state index contributed by atoms with van der Waals surface area (Å²) in [4.78, 5) is 20.5. The van der Waals surface area contributed by atoms with E-state index in [1.807, 2.05) is 0 Å². The molecule has 0 spiro atoms. The van der Waals surface area contributed by atoms with Gasteiger partial charge in [-0.05, 0) is 18.2 Å². The zero-order valence-corrected chi connectivity index (χ0v) is 5.95. The van der Waals surface area contributed by atoms with Gasteiger partial charge in [-0.2, -0.15) is 4.39 Å². The molecule has 0 aliphatic carbocycles. The van der Waals surface area contributed by atoms with Crippen LogP contribution in [0.15, 0.2) is 24.3 Å². The summed E-state index contributed by atoms with van der Waals surface area (Å²) in [7, 11) is 0. The predicted molar refractivity (Wildman–Crippen MR) is 38.8 cm³/mol. The van der Waals surface area contributed by atoms with Crippen LogP contribution < -0.4 is 0 Å². The maximum absolute atomic E-state index is 12.0. The molecule has 0 saturated heterocycles. The van der Waals surface area contributed by atoms with Gasteiger partial charge in [-0.1, -0.05) is 6.07 Å². The molecule has 62 valence electrons. The Morgan fingerprint density at radius 2 is 1.83 bits per heavy atom. The van der Waals surface area contributed by atoms with Gasteiger partial charge in [-0.15, -0.1) is 0 Å². The van der Waals surface area contributed by atoms with Crippen molar-refractivity contribution < 1.29 is 19.1 Å². The van der Waals surface area contributed by atoms with Gasteiger partial charge in [0.2, 0.25) is 0 Å². The van der Waals surface area contributed by atoms with E-state index >= 15 is 0 Å². The van der Waals surface area contributed by atoms with Crippen LogP contribution in [0.5, 0.6) is 0 Å². The first-order chi connectivity index (χ1) is 5.61. The van der Waals surface area contributed by atoms with Gasteiger partial charge in [-0.25, -0.2) is 4.79 Å². The third-order valence-corrected chi connectivity index (χ3v) is 1.34. The number of carbonyl (C=O) groups is 2. The van der Waals surface area contributed by atoms with Gasteiger partial charge in [0.15, 0.2) is 0 Å². The summed E-state index contributed by atoms with van der Waals surface area (Å²) in [5.41, 5.74) is -0.339. The number of hydrogen-bond acceptors (Lipinski definition) is 2. The summed E-state index contributed by atoms with van der Waals surface area (Å²) >= 11 is 0. The van der Waals surface area contributed by atoms with Crippen molar-refractivity contribution in [3.05, 3.63) is 35.4 Å². The number of rotatable bonds is 2. The third-order valence-electron chi connectivity index (χ3n) is 1.34. The van der Waals surface area contributed by atoms with Crippen molar-refractivity contribution in [1.82, 2.24) is 0 Å². The first-order valence-electron chi connectivity index (χ1n) is 3.14. The van der Waals surface area contributed by atoms with Gasteiger partial charge in [0.1, 0.15) is 0 Å². The lowest BCUT2D eigenvalue weighted by Gasteiger charge is -1.94. The molecule has 3 nitrogen and oxygen atoms in total. The van der Waals surface area contributed by atoms with Gasteiger partial charge in [0, 0.05) is 0 Å². The molecule has 0 saturated carbocycles. The van der Waals surface area contributed by atoms with E-state index in [1.54, 1.807) is 0 Å². The number of carboxylic acid groups (broad SMARTS) is 1. The zero-order valence-electron chi connectivity index (χ0n) is 5.95. The minimum atomic E-state index is -1.63. The van der Waals surface area contributed by atoms with Crippen molar-refractivity contribution in [3.8, 4) is 0 Å². The van der Waals surface area contributed by atoms with Crippen molar-refractivity contribution in [2.75, 3.05) is 0 Å². The lowest BCUT2D eigenvalue weighted by molar-refractivity contribution is 0.0697. The third kappa shape index (κ3) is 1.66. The molecule has 0 atom stereocenters. The number of aromatic carboxylic acids is 1. The van der Waals surface area contributed by atoms with E-state index < -0.39 is 12.0 Å². The minimum absolute atomic E-state index is 0.0986. The van der Waals surface area contributed by atoms with Gasteiger partial charge >= 0.3 is 12.0 Å². The molecule has 0 radical (unpaired) electrons. The van der Waals surface area contributed by atoms with E-state index in [9.17, 15) is 14.0 Å². The number of carboxylic acids is 1. The average Bonchev–Trinajstić information content (AvgIpc) is 2.04. The SMILES string of the molecule is O=C(O)c1cccc(C(=O)F)c1. The molecule has 0 aliphatic heterocycles. The maximum Gasteiger partial charge on any atom is 0.335 e. The fourth-order valence-corrected chi connectivity index (χ4v) is 0.774. The van der Waals surface area contributed by atoms with Crippen molar-refractivity contribution in [2.24, 2.45) is 0 Å². The highest BCUT2D eigenvalue weighted by Gasteiger charge is 2.07. The Morgan fingerprint density at radius 1 is 1.25 bits per heavy atom. The lowest BCUT2D eigenvalue weighted by Crippen LogP contribution is -1.98. The molecule has 0 amide bonds. The fourth-order valence-electron chi connectivity index (χ4n) is 0.774. The van der Waals surface area contributed by atoms with E-state index in [1.165, 1.54) is 18.2 Å². The minimum Gasteiger partial charge on any atom is -0.478 e. The summed E-state index contributed by atoms with van der Waals surface area (Å²) in [6, 6.07) is 3.18. The van der Waals surface area contributed by atoms with Gasteiger partial charge in [0.05, 0.1) is 11.1 Å². The second kappa shape index (κ2) is 3.13. The molecule has 12 heavy (non-hydrogen) atoms. The van der Waals surface area contributed by atoms with E-state index in [4.69, 9.17) is 5.11 Å². The van der Waals surface area contributed by atoms with Gasteiger partial charge in [-0.3, -0.25) is 4.79 Å². The maximum atomic E-state index is 12.0. The second-order valence-electron chi connectivity index (χ2n) is 2.16. The molecule has 0 aromatic heterocycles. The molecule has 1 N–H and O–H groups in total. The summed E-state index contributed by atoms with van der Waals surface area (Å²) < 4.78 is 12.0. The Hall–Kier alpha value is -1.71. The van der Waals surface area contributed by atoms with Crippen molar-refractivity contribution in [3.63, 3.8) is 0 Å². The van der Waals surface area contributed by atoms with Gasteiger partial charge < -0.3 is 5.11 Å². The highest BCUT2D eigenvalue weighted by Crippen LogP contribution is 2.06. The van der Waals surface area contributed by atoms with Gasteiger partial charge in [0.25, 0.3) is 0 Å². The fraction of sp³-hybridized carbons (Fsp3) is 0. The van der Waals surface area contributed by atoms with Crippen LogP contribution in [0.3, 0.4) is 0 Å². The van der Waals surface area contributed by atoms with Crippen LogP contribution in [0.1, 0.15) is 20.7 Å². The van der Waals surface area contributed by atoms with Crippen LogP contribution in [-0.4, -0.2) is 17.1 Å². The molecule has 1 rings (SSSR count). The molecule has 1 aromatic carbocycles. The predicted octanol–water partition coefficient (Wildman–Crippen LogP) is 1.49. The zero-order chi connectivity index (χ0) is 9.14. The van der Waals surface area contributed by atoms with Crippen LogP contribution in [0.25, 0.3) is 0 Å². The highest BCUT2D eigenvalue weighted by molar-refractivity contribution is 5.93. The number of hydrogen-bond donors (Lipinski definition) is 1. The first-order valence-corrected chi connectivity index (χ1v) is 3.14. The topological polar surface area (TPSA) is 54.4 Å². The Bertz CT molecular complexity index is 304. The largest absolute Gasteiger partial charge is 0.478 e. The van der Waals surface area contributed by atoms with Crippen LogP contribution >= 0.6 is 0 Å². The smallest absolute Gasteiger partial charge is 0.335 e.